The maximum Gasteiger partial charge on any atom is 0.326 e. The second kappa shape index (κ2) is 5.59. The van der Waals surface area contributed by atoms with Gasteiger partial charge in [0.25, 0.3) is 5.91 Å². The normalized spacial score (nSPS) is 15.3. The van der Waals surface area contributed by atoms with Crippen LogP contribution in [-0.4, -0.2) is 32.8 Å². The molecule has 7 heteroatoms. The van der Waals surface area contributed by atoms with Crippen molar-refractivity contribution in [1.82, 2.24) is 15.1 Å². The summed E-state index contributed by atoms with van der Waals surface area (Å²) < 4.78 is 14.9. The van der Waals surface area contributed by atoms with Crippen molar-refractivity contribution in [2.45, 2.75) is 18.9 Å². The molecule has 1 amide bonds. The Labute approximate surface area is 125 Å². The number of hydrogen-bond acceptors (Lipinski definition) is 3. The van der Waals surface area contributed by atoms with Crippen molar-refractivity contribution in [2.24, 2.45) is 5.92 Å². The lowest BCUT2D eigenvalue weighted by Gasteiger charge is -2.12. The van der Waals surface area contributed by atoms with Gasteiger partial charge in [-0.05, 0) is 37.0 Å². The summed E-state index contributed by atoms with van der Waals surface area (Å²) in [5.41, 5.74) is 0.272. The molecule has 1 saturated carbocycles. The Hall–Kier alpha value is -2.70. The Morgan fingerprint density at radius 1 is 1.32 bits per heavy atom. The first-order chi connectivity index (χ1) is 10.6. The van der Waals surface area contributed by atoms with Crippen LogP contribution in [0.4, 0.5) is 4.39 Å². The predicted molar refractivity (Wildman–Crippen MR) is 75.1 cm³/mol. The van der Waals surface area contributed by atoms with Crippen LogP contribution in [0.3, 0.4) is 0 Å². The second-order valence-corrected chi connectivity index (χ2v) is 5.22. The summed E-state index contributed by atoms with van der Waals surface area (Å²) in [6.45, 7) is 0. The topological polar surface area (TPSA) is 84.2 Å². The van der Waals surface area contributed by atoms with E-state index in [0.29, 0.717) is 0 Å². The highest BCUT2D eigenvalue weighted by Gasteiger charge is 2.37. The molecule has 1 aromatic carbocycles. The molecule has 1 atom stereocenters. The molecule has 2 aromatic rings. The quantitative estimate of drug-likeness (QED) is 0.879. The third-order valence-corrected chi connectivity index (χ3v) is 3.57. The monoisotopic (exact) mass is 303 g/mol. The predicted octanol–water partition coefficient (Wildman–Crippen LogP) is 1.60. The fraction of sp³-hybridized carbons (Fsp3) is 0.267. The van der Waals surface area contributed by atoms with E-state index in [1.807, 2.05) is 0 Å². The zero-order valence-corrected chi connectivity index (χ0v) is 11.6. The highest BCUT2D eigenvalue weighted by molar-refractivity contribution is 5.95. The minimum Gasteiger partial charge on any atom is -0.480 e. The van der Waals surface area contributed by atoms with Crippen LogP contribution in [0.1, 0.15) is 23.3 Å². The van der Waals surface area contributed by atoms with Gasteiger partial charge in [0.05, 0.1) is 0 Å². The van der Waals surface area contributed by atoms with Crippen LogP contribution >= 0.6 is 0 Å². The molecule has 1 aromatic heterocycles. The molecule has 1 heterocycles. The Kier molecular flexibility index (Phi) is 3.62. The highest BCUT2D eigenvalue weighted by atomic mass is 19.1. The summed E-state index contributed by atoms with van der Waals surface area (Å²) in [4.78, 5) is 23.2. The van der Waals surface area contributed by atoms with Gasteiger partial charge in [0.1, 0.15) is 17.5 Å². The molecule has 0 bridgehead atoms. The Morgan fingerprint density at radius 3 is 2.68 bits per heavy atom. The molecule has 0 radical (unpaired) electrons. The van der Waals surface area contributed by atoms with Crippen molar-refractivity contribution < 1.29 is 19.1 Å². The number of carboxylic acids is 1. The number of aromatic nitrogens is 2. The third kappa shape index (κ3) is 2.83. The van der Waals surface area contributed by atoms with E-state index in [2.05, 4.69) is 10.4 Å². The summed E-state index contributed by atoms with van der Waals surface area (Å²) in [5.74, 6) is -2.10. The molecular formula is C15H14FN3O3. The number of aliphatic carboxylic acids is 1. The van der Waals surface area contributed by atoms with E-state index in [4.69, 9.17) is 5.11 Å². The first-order valence-electron chi connectivity index (χ1n) is 6.90. The minimum atomic E-state index is -1.05. The maximum absolute atomic E-state index is 13.7. The van der Waals surface area contributed by atoms with Gasteiger partial charge in [-0.1, -0.05) is 12.1 Å². The van der Waals surface area contributed by atoms with E-state index in [-0.39, 0.29) is 17.3 Å². The van der Waals surface area contributed by atoms with Gasteiger partial charge in [0, 0.05) is 6.20 Å². The molecule has 1 aliphatic carbocycles. The van der Waals surface area contributed by atoms with E-state index < -0.39 is 23.7 Å². The van der Waals surface area contributed by atoms with E-state index in [9.17, 15) is 14.0 Å². The second-order valence-electron chi connectivity index (χ2n) is 5.22. The molecule has 0 aliphatic heterocycles. The summed E-state index contributed by atoms with van der Waals surface area (Å²) in [6, 6.07) is 6.58. The molecule has 22 heavy (non-hydrogen) atoms. The van der Waals surface area contributed by atoms with E-state index in [0.717, 1.165) is 12.8 Å². The van der Waals surface area contributed by atoms with Crippen LogP contribution < -0.4 is 5.32 Å². The van der Waals surface area contributed by atoms with Crippen LogP contribution in [-0.2, 0) is 4.79 Å². The summed E-state index contributed by atoms with van der Waals surface area (Å²) in [6.07, 6.45) is 3.04. The van der Waals surface area contributed by atoms with Crippen molar-refractivity contribution in [1.29, 1.82) is 0 Å². The Morgan fingerprint density at radius 2 is 2.05 bits per heavy atom. The highest BCUT2D eigenvalue weighted by Crippen LogP contribution is 2.32. The van der Waals surface area contributed by atoms with Crippen molar-refractivity contribution in [3.05, 3.63) is 48.0 Å². The molecule has 1 aliphatic rings. The van der Waals surface area contributed by atoms with Gasteiger partial charge < -0.3 is 10.4 Å². The number of nitrogens with one attached hydrogen (secondary N) is 1. The summed E-state index contributed by atoms with van der Waals surface area (Å²) in [7, 11) is 0. The molecule has 0 saturated heterocycles. The molecule has 0 spiro atoms. The van der Waals surface area contributed by atoms with Crippen molar-refractivity contribution in [2.75, 3.05) is 0 Å². The van der Waals surface area contributed by atoms with Crippen LogP contribution in [0.5, 0.6) is 0 Å². The number of carbonyl (C=O) groups is 2. The third-order valence-electron chi connectivity index (χ3n) is 3.57. The number of carboxylic acid groups (broad SMARTS) is 1. The van der Waals surface area contributed by atoms with Crippen LogP contribution in [0, 0.1) is 11.7 Å². The number of rotatable bonds is 5. The molecule has 1 unspecified atom stereocenters. The maximum atomic E-state index is 13.7. The molecule has 1 fully saturated rings. The average Bonchev–Trinajstić information content (AvgIpc) is 3.21. The Balaban J connectivity index is 1.77. The van der Waals surface area contributed by atoms with Gasteiger partial charge in [-0.2, -0.15) is 5.10 Å². The number of para-hydroxylation sites is 1. The van der Waals surface area contributed by atoms with E-state index >= 15 is 0 Å². The average molecular weight is 303 g/mol. The smallest absolute Gasteiger partial charge is 0.326 e. The van der Waals surface area contributed by atoms with Crippen molar-refractivity contribution in [3.63, 3.8) is 0 Å². The zero-order chi connectivity index (χ0) is 15.7. The van der Waals surface area contributed by atoms with Crippen molar-refractivity contribution >= 4 is 11.9 Å². The fourth-order valence-electron chi connectivity index (χ4n) is 2.24. The lowest BCUT2D eigenvalue weighted by molar-refractivity contribution is -0.139. The summed E-state index contributed by atoms with van der Waals surface area (Å²) in [5, 5.41) is 15.6. The number of benzene rings is 1. The zero-order valence-electron chi connectivity index (χ0n) is 11.6. The van der Waals surface area contributed by atoms with Crippen LogP contribution in [0.25, 0.3) is 5.69 Å². The largest absolute Gasteiger partial charge is 0.480 e. The van der Waals surface area contributed by atoms with Gasteiger partial charge in [-0.25, -0.2) is 13.9 Å². The number of halogens is 1. The van der Waals surface area contributed by atoms with Gasteiger partial charge in [0.15, 0.2) is 5.69 Å². The number of hydrogen-bond donors (Lipinski definition) is 2. The lowest BCUT2D eigenvalue weighted by atomic mass is 10.2. The molecule has 2 N–H and O–H groups in total. The van der Waals surface area contributed by atoms with Crippen LogP contribution in [0.2, 0.25) is 0 Å². The van der Waals surface area contributed by atoms with Crippen molar-refractivity contribution in [3.8, 4) is 5.69 Å². The van der Waals surface area contributed by atoms with Gasteiger partial charge in [0.2, 0.25) is 0 Å². The van der Waals surface area contributed by atoms with E-state index in [1.165, 1.54) is 29.1 Å². The number of carbonyl (C=O) groups excluding carboxylic acids is 1. The molecule has 6 nitrogen and oxygen atoms in total. The lowest BCUT2D eigenvalue weighted by Crippen LogP contribution is -2.42. The van der Waals surface area contributed by atoms with E-state index in [1.54, 1.807) is 12.1 Å². The van der Waals surface area contributed by atoms with Crippen LogP contribution in [0.15, 0.2) is 36.5 Å². The molecule has 114 valence electrons. The standard InChI is InChI=1S/C15H14FN3O3/c16-10-3-1-2-4-12(10)19-8-7-11(18-19)14(20)17-13(15(21)22)9-5-6-9/h1-4,7-9,13H,5-6H2,(H,17,20)(H,21,22). The number of amides is 1. The first-order valence-corrected chi connectivity index (χ1v) is 6.90. The van der Waals surface area contributed by atoms with Gasteiger partial charge in [-0.15, -0.1) is 0 Å². The molecular weight excluding hydrogens is 289 g/mol. The van der Waals surface area contributed by atoms with Gasteiger partial charge in [-0.3, -0.25) is 4.79 Å². The summed E-state index contributed by atoms with van der Waals surface area (Å²) >= 11 is 0. The first kappa shape index (κ1) is 14.2. The molecule has 3 rings (SSSR count). The SMILES string of the molecule is O=C(NC(C(=O)O)C1CC1)c1ccn(-c2ccccc2F)n1. The Bertz CT molecular complexity index is 724. The van der Waals surface area contributed by atoms with Gasteiger partial charge >= 0.3 is 5.97 Å². The minimum absolute atomic E-state index is 0.0184. The number of nitrogens with zero attached hydrogens (tertiary/aromatic N) is 2. The fourth-order valence-corrected chi connectivity index (χ4v) is 2.24.